The smallest absolute Gasteiger partial charge is 0.234 e. The van der Waals surface area contributed by atoms with Gasteiger partial charge in [-0.15, -0.1) is 10.2 Å². The number of benzene rings is 2. The molecule has 0 saturated heterocycles. The van der Waals surface area contributed by atoms with Crippen LogP contribution in [-0.2, 0) is 4.79 Å². The number of nitrogens with one attached hydrogen (secondary N) is 1. The molecule has 0 fully saturated rings. The summed E-state index contributed by atoms with van der Waals surface area (Å²) in [6, 6.07) is 15.5. The molecule has 0 aliphatic carbocycles. The Morgan fingerprint density at radius 1 is 1.16 bits per heavy atom. The lowest BCUT2D eigenvalue weighted by molar-refractivity contribution is -0.113. The van der Waals surface area contributed by atoms with Crippen LogP contribution in [0.2, 0.25) is 0 Å². The number of nitrogens with two attached hydrogens (primary N) is 1. The van der Waals surface area contributed by atoms with E-state index >= 15 is 0 Å². The monoisotopic (exact) mass is 353 g/mol. The van der Waals surface area contributed by atoms with Gasteiger partial charge in [0.25, 0.3) is 0 Å². The van der Waals surface area contributed by atoms with E-state index in [-0.39, 0.29) is 11.7 Å². The number of aryl methyl sites for hydroxylation is 2. The van der Waals surface area contributed by atoms with E-state index in [1.165, 1.54) is 16.4 Å². The normalized spacial score (nSPS) is 10.6. The number of amides is 1. The molecule has 1 amide bonds. The summed E-state index contributed by atoms with van der Waals surface area (Å²) in [5.41, 5.74) is 3.89. The molecule has 7 heteroatoms. The molecule has 0 atom stereocenters. The molecular formula is C18H19N5OS. The summed E-state index contributed by atoms with van der Waals surface area (Å²) in [4.78, 5) is 12.2. The van der Waals surface area contributed by atoms with Crippen LogP contribution in [0.4, 0.5) is 5.69 Å². The average Bonchev–Trinajstić information content (AvgIpc) is 2.97. The third-order valence-electron chi connectivity index (χ3n) is 3.68. The Bertz CT molecular complexity index is 892. The average molecular weight is 353 g/mol. The maximum Gasteiger partial charge on any atom is 0.234 e. The molecule has 0 aliphatic heterocycles. The highest BCUT2D eigenvalue weighted by Crippen LogP contribution is 2.22. The van der Waals surface area contributed by atoms with Crippen molar-refractivity contribution in [2.45, 2.75) is 19.0 Å². The molecule has 1 aromatic heterocycles. The molecule has 0 aliphatic rings. The molecule has 128 valence electrons. The van der Waals surface area contributed by atoms with Crippen LogP contribution in [0.15, 0.2) is 53.7 Å². The molecular weight excluding hydrogens is 334 g/mol. The highest BCUT2D eigenvalue weighted by molar-refractivity contribution is 7.99. The Hall–Kier alpha value is -2.80. The SMILES string of the molecule is Cc1ccc(NC(=O)CSc2nnc(-c3ccccc3)n2N)c(C)c1. The first-order valence-electron chi connectivity index (χ1n) is 7.80. The number of hydrogen-bond donors (Lipinski definition) is 2. The van der Waals surface area contributed by atoms with Crippen molar-refractivity contribution >= 4 is 23.4 Å². The number of rotatable bonds is 5. The van der Waals surface area contributed by atoms with Crippen molar-refractivity contribution in [3.63, 3.8) is 0 Å². The van der Waals surface area contributed by atoms with Gasteiger partial charge >= 0.3 is 0 Å². The molecule has 0 radical (unpaired) electrons. The Morgan fingerprint density at radius 2 is 1.92 bits per heavy atom. The van der Waals surface area contributed by atoms with Crippen LogP contribution in [0, 0.1) is 13.8 Å². The Balaban J connectivity index is 1.64. The molecule has 3 N–H and O–H groups in total. The fraction of sp³-hybridized carbons (Fsp3) is 0.167. The minimum atomic E-state index is -0.110. The van der Waals surface area contributed by atoms with E-state index in [9.17, 15) is 4.79 Å². The third-order valence-corrected chi connectivity index (χ3v) is 4.63. The lowest BCUT2D eigenvalue weighted by atomic mass is 10.1. The predicted molar refractivity (Wildman–Crippen MR) is 101 cm³/mol. The van der Waals surface area contributed by atoms with Crippen LogP contribution in [0.5, 0.6) is 0 Å². The standard InChI is InChI=1S/C18H19N5OS/c1-12-8-9-15(13(2)10-12)20-16(24)11-25-18-22-21-17(23(18)19)14-6-4-3-5-7-14/h3-10H,11,19H2,1-2H3,(H,20,24). The van der Waals surface area contributed by atoms with Gasteiger partial charge in [0.15, 0.2) is 5.82 Å². The lowest BCUT2D eigenvalue weighted by Gasteiger charge is -2.09. The minimum Gasteiger partial charge on any atom is -0.335 e. The zero-order valence-corrected chi connectivity index (χ0v) is 14.9. The van der Waals surface area contributed by atoms with Crippen LogP contribution in [0.1, 0.15) is 11.1 Å². The summed E-state index contributed by atoms with van der Waals surface area (Å²) in [5.74, 6) is 6.72. The van der Waals surface area contributed by atoms with E-state index in [1.54, 1.807) is 0 Å². The van der Waals surface area contributed by atoms with Crippen molar-refractivity contribution < 1.29 is 4.79 Å². The summed E-state index contributed by atoms with van der Waals surface area (Å²) in [6.07, 6.45) is 0. The van der Waals surface area contributed by atoms with Gasteiger partial charge in [0.2, 0.25) is 11.1 Å². The van der Waals surface area contributed by atoms with E-state index in [0.717, 1.165) is 22.4 Å². The van der Waals surface area contributed by atoms with E-state index in [2.05, 4.69) is 15.5 Å². The topological polar surface area (TPSA) is 85.8 Å². The molecule has 25 heavy (non-hydrogen) atoms. The van der Waals surface area contributed by atoms with Crippen LogP contribution < -0.4 is 11.2 Å². The molecule has 0 bridgehead atoms. The number of nitrogens with zero attached hydrogens (tertiary/aromatic N) is 3. The van der Waals surface area contributed by atoms with Gasteiger partial charge in [0, 0.05) is 11.3 Å². The lowest BCUT2D eigenvalue weighted by Crippen LogP contribution is -2.17. The fourth-order valence-corrected chi connectivity index (χ4v) is 3.09. The second kappa shape index (κ2) is 7.40. The van der Waals surface area contributed by atoms with Gasteiger partial charge in [-0.25, -0.2) is 4.68 Å². The van der Waals surface area contributed by atoms with Gasteiger partial charge in [0.1, 0.15) is 0 Å². The van der Waals surface area contributed by atoms with E-state index < -0.39 is 0 Å². The van der Waals surface area contributed by atoms with Crippen LogP contribution in [0.3, 0.4) is 0 Å². The maximum atomic E-state index is 12.2. The number of carbonyl (C=O) groups is 1. The zero-order valence-electron chi connectivity index (χ0n) is 14.1. The van der Waals surface area contributed by atoms with E-state index in [0.29, 0.717) is 11.0 Å². The fourth-order valence-electron chi connectivity index (χ4n) is 2.43. The number of carbonyl (C=O) groups excluding carboxylic acids is 1. The Morgan fingerprint density at radius 3 is 2.64 bits per heavy atom. The van der Waals surface area contributed by atoms with Crippen molar-refractivity contribution in [1.29, 1.82) is 0 Å². The summed E-state index contributed by atoms with van der Waals surface area (Å²) in [7, 11) is 0. The van der Waals surface area contributed by atoms with Crippen LogP contribution in [0.25, 0.3) is 11.4 Å². The first-order chi connectivity index (χ1) is 12.0. The third kappa shape index (κ3) is 4.00. The van der Waals surface area contributed by atoms with Crippen molar-refractivity contribution in [1.82, 2.24) is 14.9 Å². The number of thioether (sulfide) groups is 1. The second-order valence-corrected chi connectivity index (χ2v) is 6.64. The highest BCUT2D eigenvalue weighted by Gasteiger charge is 2.14. The molecule has 6 nitrogen and oxygen atoms in total. The van der Waals surface area contributed by atoms with Gasteiger partial charge in [0.05, 0.1) is 5.75 Å². The molecule has 3 rings (SSSR count). The van der Waals surface area contributed by atoms with Crippen molar-refractivity contribution in [3.8, 4) is 11.4 Å². The molecule has 3 aromatic rings. The second-order valence-electron chi connectivity index (χ2n) is 5.70. The van der Waals surface area contributed by atoms with Crippen LogP contribution >= 0.6 is 11.8 Å². The van der Waals surface area contributed by atoms with E-state index in [4.69, 9.17) is 5.84 Å². The highest BCUT2D eigenvalue weighted by atomic mass is 32.2. The molecule has 1 heterocycles. The first-order valence-corrected chi connectivity index (χ1v) is 8.79. The van der Waals surface area contributed by atoms with Gasteiger partial charge in [-0.1, -0.05) is 59.8 Å². The molecule has 0 unspecified atom stereocenters. The summed E-state index contributed by atoms with van der Waals surface area (Å²) in [6.45, 7) is 3.99. The van der Waals surface area contributed by atoms with Gasteiger partial charge in [-0.2, -0.15) is 0 Å². The van der Waals surface area contributed by atoms with Crippen molar-refractivity contribution in [2.24, 2.45) is 0 Å². The predicted octanol–water partition coefficient (Wildman–Crippen LogP) is 3.01. The largest absolute Gasteiger partial charge is 0.335 e. The number of aromatic nitrogens is 3. The van der Waals surface area contributed by atoms with Gasteiger partial charge < -0.3 is 11.2 Å². The van der Waals surface area contributed by atoms with Gasteiger partial charge in [-0.05, 0) is 25.5 Å². The molecule has 2 aromatic carbocycles. The van der Waals surface area contributed by atoms with Crippen molar-refractivity contribution in [3.05, 3.63) is 59.7 Å². The summed E-state index contributed by atoms with van der Waals surface area (Å²) < 4.78 is 1.41. The van der Waals surface area contributed by atoms with Crippen molar-refractivity contribution in [2.75, 3.05) is 16.9 Å². The summed E-state index contributed by atoms with van der Waals surface area (Å²) >= 11 is 1.25. The first kappa shape index (κ1) is 17.0. The molecule has 0 spiro atoms. The van der Waals surface area contributed by atoms with E-state index in [1.807, 2.05) is 62.4 Å². The minimum absolute atomic E-state index is 0.110. The Labute approximate surface area is 150 Å². The zero-order chi connectivity index (χ0) is 17.8. The van der Waals surface area contributed by atoms with Gasteiger partial charge in [-0.3, -0.25) is 4.79 Å². The quantitative estimate of drug-likeness (QED) is 0.544. The Kier molecular flexibility index (Phi) is 5.04. The van der Waals surface area contributed by atoms with Crippen LogP contribution in [-0.4, -0.2) is 26.5 Å². The maximum absolute atomic E-state index is 12.2. The summed E-state index contributed by atoms with van der Waals surface area (Å²) in [5, 5.41) is 11.6. The number of hydrogen-bond acceptors (Lipinski definition) is 5. The molecule has 0 saturated carbocycles. The number of anilines is 1. The number of nitrogen functional groups attached to an aromatic ring is 1.